The Morgan fingerprint density at radius 1 is 0.574 bits per heavy atom. The van der Waals surface area contributed by atoms with Gasteiger partial charge in [-0.05, 0) is 48.5 Å². The van der Waals surface area contributed by atoms with Gasteiger partial charge in [0.2, 0.25) is 0 Å². The Bertz CT molecular complexity index is 1080. The zero-order valence-electron chi connectivity index (χ0n) is 27.6. The highest BCUT2D eigenvalue weighted by Gasteiger charge is 2.01. The van der Waals surface area contributed by atoms with E-state index in [1.165, 1.54) is 12.1 Å². The van der Waals surface area contributed by atoms with Crippen molar-refractivity contribution in [1.82, 2.24) is 5.32 Å². The molecule has 0 saturated carbocycles. The van der Waals surface area contributed by atoms with Crippen molar-refractivity contribution in [3.8, 4) is 0 Å². The molecule has 0 aliphatic heterocycles. The maximum atomic E-state index is 10.7. The number of hydrogen-bond acceptors (Lipinski definition) is 12. The molecule has 0 aromatic heterocycles. The predicted octanol–water partition coefficient (Wildman–Crippen LogP) is 2.81. The van der Waals surface area contributed by atoms with E-state index in [4.69, 9.17) is 66.1 Å². The molecule has 0 aliphatic carbocycles. The third-order valence-electron chi connectivity index (χ3n) is 3.40. The lowest BCUT2D eigenvalue weighted by Gasteiger charge is -2.11. The van der Waals surface area contributed by atoms with E-state index in [0.29, 0.717) is 18.8 Å². The third-order valence-corrected chi connectivity index (χ3v) is 3.40. The van der Waals surface area contributed by atoms with Gasteiger partial charge in [0.15, 0.2) is 0 Å². The summed E-state index contributed by atoms with van der Waals surface area (Å²) in [6, 6.07) is 13.9. The van der Waals surface area contributed by atoms with Crippen molar-refractivity contribution in [2.75, 3.05) is 45.2 Å². The predicted molar refractivity (Wildman–Crippen MR) is 176 cm³/mol. The topological polar surface area (TPSA) is 316 Å². The molecule has 0 heterocycles. The van der Waals surface area contributed by atoms with Gasteiger partial charge in [0.25, 0.3) is 29.8 Å². The number of hydrogen-bond donors (Lipinski definition) is 9. The first-order valence-electron chi connectivity index (χ1n) is 13.2. The van der Waals surface area contributed by atoms with Crippen molar-refractivity contribution in [2.24, 2.45) is 21.7 Å². The van der Waals surface area contributed by atoms with Crippen LogP contribution in [0.4, 0.5) is 17.1 Å². The lowest BCUT2D eigenvalue weighted by atomic mass is 10.2. The minimum Gasteiger partial charge on any atom is -0.481 e. The highest BCUT2D eigenvalue weighted by Crippen LogP contribution is 2.21. The molecule has 11 N–H and O–H groups in total. The summed E-state index contributed by atoms with van der Waals surface area (Å²) in [7, 11) is 3.95. The summed E-state index contributed by atoms with van der Waals surface area (Å²) in [5.41, 5.74) is 13.0. The van der Waals surface area contributed by atoms with Crippen LogP contribution < -0.4 is 21.7 Å². The SMILES string of the molecule is CC(=O)O.CC(=O)O.CC(=O)O.CC(=O)O.CC(=O)O.CN(C)c1ccc(N=Nc2ccc(C(=O)O)cc2)cc1.NCCNCCN. The van der Waals surface area contributed by atoms with E-state index in [1.807, 2.05) is 43.3 Å². The highest BCUT2D eigenvalue weighted by atomic mass is 16.4. The van der Waals surface area contributed by atoms with E-state index in [-0.39, 0.29) is 5.56 Å². The van der Waals surface area contributed by atoms with Gasteiger partial charge in [-0.1, -0.05) is 0 Å². The molecular weight excluding hydrogens is 624 g/mol. The molecule has 0 bridgehead atoms. The number of nitrogens with two attached hydrogens (primary N) is 2. The zero-order valence-corrected chi connectivity index (χ0v) is 27.6. The van der Waals surface area contributed by atoms with Crippen LogP contribution in [0.3, 0.4) is 0 Å². The van der Waals surface area contributed by atoms with Gasteiger partial charge < -0.3 is 52.3 Å². The standard InChI is InChI=1S/C15H15N3O2.C4H13N3.5C2H4O2/c1-18(2)14-9-7-13(8-10-14)17-16-12-5-3-11(4-6-12)15(19)20;5-1-3-7-4-2-6;5*1-2(3)4/h3-10H,1-2H3,(H,19,20);7H,1-6H2;5*1H3,(H,3,4). The van der Waals surface area contributed by atoms with Gasteiger partial charge in [0, 0.05) is 80.6 Å². The Hall–Kier alpha value is -5.46. The number of aromatic carboxylic acids is 1. The fourth-order valence-corrected chi connectivity index (χ4v) is 1.93. The highest BCUT2D eigenvalue weighted by molar-refractivity contribution is 5.87. The van der Waals surface area contributed by atoms with E-state index in [2.05, 4.69) is 15.5 Å². The molecule has 0 fully saturated rings. The first-order chi connectivity index (χ1) is 21.6. The second kappa shape index (κ2) is 35.0. The number of nitrogens with zero attached hydrogens (tertiary/aromatic N) is 3. The molecular formula is C29H48N6O12. The summed E-state index contributed by atoms with van der Waals surface area (Å²) in [4.78, 5) is 57.7. The lowest BCUT2D eigenvalue weighted by Crippen LogP contribution is -2.27. The van der Waals surface area contributed by atoms with Gasteiger partial charge in [-0.15, -0.1) is 0 Å². The summed E-state index contributed by atoms with van der Waals surface area (Å²) in [6.45, 7) is 8.55. The normalized spacial score (nSPS) is 8.62. The first kappa shape index (κ1) is 51.1. The van der Waals surface area contributed by atoms with Crippen LogP contribution in [0.1, 0.15) is 45.0 Å². The smallest absolute Gasteiger partial charge is 0.335 e. The number of carboxylic acids is 6. The molecule has 47 heavy (non-hydrogen) atoms. The lowest BCUT2D eigenvalue weighted by molar-refractivity contribution is -0.135. The summed E-state index contributed by atoms with van der Waals surface area (Å²) in [6.07, 6.45) is 0. The Labute approximate surface area is 273 Å². The Balaban J connectivity index is -0.000000179. The number of carbonyl (C=O) groups is 6. The molecule has 0 radical (unpaired) electrons. The monoisotopic (exact) mass is 672 g/mol. The summed E-state index contributed by atoms with van der Waals surface area (Å²) < 4.78 is 0. The van der Waals surface area contributed by atoms with E-state index in [1.54, 1.807) is 12.1 Å². The van der Waals surface area contributed by atoms with Crippen molar-refractivity contribution in [1.29, 1.82) is 0 Å². The number of anilines is 1. The molecule has 2 rings (SSSR count). The number of rotatable bonds is 8. The van der Waals surface area contributed by atoms with E-state index in [9.17, 15) is 4.79 Å². The van der Waals surface area contributed by atoms with Gasteiger partial charge in [-0.2, -0.15) is 10.2 Å². The second-order valence-electron chi connectivity index (χ2n) is 8.39. The molecule has 0 spiro atoms. The maximum absolute atomic E-state index is 10.7. The van der Waals surface area contributed by atoms with Crippen LogP contribution >= 0.6 is 0 Å². The Morgan fingerprint density at radius 2 is 0.830 bits per heavy atom. The molecule has 0 aliphatic rings. The first-order valence-corrected chi connectivity index (χ1v) is 13.2. The summed E-state index contributed by atoms with van der Waals surface area (Å²) in [5, 5.41) is 57.1. The molecule has 0 amide bonds. The van der Waals surface area contributed by atoms with E-state index in [0.717, 1.165) is 59.1 Å². The molecule has 0 atom stereocenters. The van der Waals surface area contributed by atoms with Crippen molar-refractivity contribution in [3.05, 3.63) is 54.1 Å². The molecule has 0 unspecified atom stereocenters. The van der Waals surface area contributed by atoms with Gasteiger partial charge in [0.05, 0.1) is 16.9 Å². The second-order valence-corrected chi connectivity index (χ2v) is 8.39. The van der Waals surface area contributed by atoms with Crippen LogP contribution in [-0.2, 0) is 24.0 Å². The third kappa shape index (κ3) is 60.5. The van der Waals surface area contributed by atoms with Crippen LogP contribution in [0.15, 0.2) is 58.8 Å². The number of carboxylic acid groups (broad SMARTS) is 6. The Kier molecular flexibility index (Phi) is 38.1. The van der Waals surface area contributed by atoms with Crippen LogP contribution in [0.5, 0.6) is 0 Å². The largest absolute Gasteiger partial charge is 0.481 e. The molecule has 266 valence electrons. The summed E-state index contributed by atoms with van der Waals surface area (Å²) >= 11 is 0. The molecule has 18 nitrogen and oxygen atoms in total. The van der Waals surface area contributed by atoms with Crippen molar-refractivity contribution < 1.29 is 59.4 Å². The van der Waals surface area contributed by atoms with Gasteiger partial charge in [-0.3, -0.25) is 24.0 Å². The zero-order chi connectivity index (χ0) is 38.0. The average Bonchev–Trinajstić information content (AvgIpc) is 2.91. The molecule has 2 aromatic rings. The van der Waals surface area contributed by atoms with Crippen molar-refractivity contribution >= 4 is 52.9 Å². The van der Waals surface area contributed by atoms with Crippen LogP contribution in [0.2, 0.25) is 0 Å². The van der Waals surface area contributed by atoms with E-state index < -0.39 is 35.8 Å². The number of nitrogens with one attached hydrogen (secondary N) is 1. The quantitative estimate of drug-likeness (QED) is 0.144. The summed E-state index contributed by atoms with van der Waals surface area (Å²) in [5.74, 6) is -5.12. The van der Waals surface area contributed by atoms with Crippen molar-refractivity contribution in [3.63, 3.8) is 0 Å². The number of azo groups is 1. The number of aliphatic carboxylic acids is 5. The van der Waals surface area contributed by atoms with Crippen LogP contribution in [0.25, 0.3) is 0 Å². The molecule has 2 aromatic carbocycles. The molecule has 18 heteroatoms. The fraction of sp³-hybridized carbons (Fsp3) is 0.379. The minimum absolute atomic E-state index is 0.235. The minimum atomic E-state index is -0.951. The number of benzene rings is 2. The van der Waals surface area contributed by atoms with Crippen LogP contribution in [-0.4, -0.2) is 107 Å². The van der Waals surface area contributed by atoms with Crippen LogP contribution in [0, 0.1) is 0 Å². The maximum Gasteiger partial charge on any atom is 0.335 e. The van der Waals surface area contributed by atoms with Crippen molar-refractivity contribution in [2.45, 2.75) is 34.6 Å². The fourth-order valence-electron chi connectivity index (χ4n) is 1.93. The van der Waals surface area contributed by atoms with Gasteiger partial charge >= 0.3 is 5.97 Å². The van der Waals surface area contributed by atoms with Gasteiger partial charge in [0.1, 0.15) is 0 Å². The average molecular weight is 673 g/mol. The van der Waals surface area contributed by atoms with Gasteiger partial charge in [-0.25, -0.2) is 4.79 Å². The molecule has 0 saturated heterocycles. The Morgan fingerprint density at radius 3 is 1.04 bits per heavy atom. The van der Waals surface area contributed by atoms with E-state index >= 15 is 0 Å².